The van der Waals surface area contributed by atoms with Gasteiger partial charge < -0.3 is 5.32 Å². The van der Waals surface area contributed by atoms with Crippen LogP contribution < -0.4 is 5.32 Å². The fourth-order valence-electron chi connectivity index (χ4n) is 3.07. The fraction of sp³-hybridized carbons (Fsp3) is 1.00. The lowest BCUT2D eigenvalue weighted by Crippen LogP contribution is -2.34. The van der Waals surface area contributed by atoms with E-state index in [9.17, 15) is 0 Å². The van der Waals surface area contributed by atoms with Crippen LogP contribution in [0.4, 0.5) is 0 Å². The molecule has 0 aromatic heterocycles. The highest BCUT2D eigenvalue weighted by atomic mass is 15.0. The van der Waals surface area contributed by atoms with Crippen molar-refractivity contribution >= 4 is 0 Å². The average molecular weight is 195 g/mol. The molecule has 1 N–H and O–H groups in total. The monoisotopic (exact) mass is 195 g/mol. The van der Waals surface area contributed by atoms with Crippen molar-refractivity contribution in [2.75, 3.05) is 0 Å². The Morgan fingerprint density at radius 2 is 2.00 bits per heavy atom. The molecule has 1 nitrogen and oxygen atoms in total. The molecule has 0 amide bonds. The third kappa shape index (κ3) is 2.50. The van der Waals surface area contributed by atoms with Crippen molar-refractivity contribution in [3.63, 3.8) is 0 Å². The van der Waals surface area contributed by atoms with Crippen LogP contribution in [-0.2, 0) is 0 Å². The summed E-state index contributed by atoms with van der Waals surface area (Å²) in [6.07, 6.45) is 10.1. The summed E-state index contributed by atoms with van der Waals surface area (Å²) in [7, 11) is 0. The van der Waals surface area contributed by atoms with Gasteiger partial charge >= 0.3 is 0 Å². The molecular formula is C13H25N. The summed E-state index contributed by atoms with van der Waals surface area (Å²) in [6.45, 7) is 4.70. The average Bonchev–Trinajstić information content (AvgIpc) is 2.71. The van der Waals surface area contributed by atoms with Gasteiger partial charge in [0.05, 0.1) is 0 Å². The fourth-order valence-corrected chi connectivity index (χ4v) is 3.07. The SMILES string of the molecule is CCCC1CC1NC(C)C1CCCC1. The van der Waals surface area contributed by atoms with E-state index in [0.717, 1.165) is 23.9 Å². The highest BCUT2D eigenvalue weighted by molar-refractivity contribution is 4.95. The second-order valence-corrected chi connectivity index (χ2v) is 5.39. The van der Waals surface area contributed by atoms with Gasteiger partial charge in [0, 0.05) is 12.1 Å². The Morgan fingerprint density at radius 3 is 2.64 bits per heavy atom. The van der Waals surface area contributed by atoms with Gasteiger partial charge in [0.2, 0.25) is 0 Å². The second kappa shape index (κ2) is 4.65. The first-order chi connectivity index (χ1) is 6.81. The van der Waals surface area contributed by atoms with Crippen LogP contribution in [0, 0.1) is 11.8 Å². The van der Waals surface area contributed by atoms with Gasteiger partial charge in [0.25, 0.3) is 0 Å². The molecule has 0 aliphatic heterocycles. The smallest absolute Gasteiger partial charge is 0.0102 e. The Bertz CT molecular complexity index is 172. The molecule has 0 spiro atoms. The Labute approximate surface area is 88.7 Å². The van der Waals surface area contributed by atoms with Crippen molar-refractivity contribution in [3.05, 3.63) is 0 Å². The van der Waals surface area contributed by atoms with E-state index in [-0.39, 0.29) is 0 Å². The van der Waals surface area contributed by atoms with Gasteiger partial charge in [-0.1, -0.05) is 26.2 Å². The van der Waals surface area contributed by atoms with E-state index in [2.05, 4.69) is 19.2 Å². The van der Waals surface area contributed by atoms with E-state index < -0.39 is 0 Å². The summed E-state index contributed by atoms with van der Waals surface area (Å²) >= 11 is 0. The Morgan fingerprint density at radius 1 is 1.29 bits per heavy atom. The van der Waals surface area contributed by atoms with E-state index in [1.165, 1.54) is 44.9 Å². The first kappa shape index (κ1) is 10.5. The maximum absolute atomic E-state index is 3.83. The molecule has 1 heteroatoms. The summed E-state index contributed by atoms with van der Waals surface area (Å²) in [5.41, 5.74) is 0. The Balaban J connectivity index is 1.65. The van der Waals surface area contributed by atoms with Gasteiger partial charge in [-0.05, 0) is 44.4 Å². The van der Waals surface area contributed by atoms with Crippen molar-refractivity contribution in [2.45, 2.75) is 70.9 Å². The molecule has 0 saturated heterocycles. The zero-order valence-corrected chi connectivity index (χ0v) is 9.76. The Hall–Kier alpha value is -0.0400. The molecule has 0 aromatic carbocycles. The predicted molar refractivity (Wildman–Crippen MR) is 61.4 cm³/mol. The lowest BCUT2D eigenvalue weighted by molar-refractivity contribution is 0.371. The van der Waals surface area contributed by atoms with Crippen molar-refractivity contribution in [1.82, 2.24) is 5.32 Å². The largest absolute Gasteiger partial charge is 0.311 e. The van der Waals surface area contributed by atoms with Crippen molar-refractivity contribution in [1.29, 1.82) is 0 Å². The van der Waals surface area contributed by atoms with Gasteiger partial charge in [-0.3, -0.25) is 0 Å². The van der Waals surface area contributed by atoms with E-state index in [4.69, 9.17) is 0 Å². The molecule has 0 heterocycles. The molecule has 3 atom stereocenters. The number of hydrogen-bond donors (Lipinski definition) is 1. The summed E-state index contributed by atoms with van der Waals surface area (Å²) in [4.78, 5) is 0. The van der Waals surface area contributed by atoms with E-state index in [1.807, 2.05) is 0 Å². The number of nitrogens with one attached hydrogen (secondary N) is 1. The quantitative estimate of drug-likeness (QED) is 0.709. The summed E-state index contributed by atoms with van der Waals surface area (Å²) < 4.78 is 0. The first-order valence-electron chi connectivity index (χ1n) is 6.57. The zero-order valence-electron chi connectivity index (χ0n) is 9.76. The second-order valence-electron chi connectivity index (χ2n) is 5.39. The maximum atomic E-state index is 3.83. The van der Waals surface area contributed by atoms with Gasteiger partial charge in [0.15, 0.2) is 0 Å². The predicted octanol–water partition coefficient (Wildman–Crippen LogP) is 3.34. The molecule has 0 aromatic rings. The van der Waals surface area contributed by atoms with Crippen molar-refractivity contribution in [2.24, 2.45) is 11.8 Å². The number of rotatable bonds is 5. The van der Waals surface area contributed by atoms with E-state index in [1.54, 1.807) is 0 Å². The molecule has 2 aliphatic rings. The first-order valence-corrected chi connectivity index (χ1v) is 6.57. The van der Waals surface area contributed by atoms with E-state index >= 15 is 0 Å². The molecule has 82 valence electrons. The van der Waals surface area contributed by atoms with Crippen LogP contribution in [0.1, 0.15) is 58.8 Å². The van der Waals surface area contributed by atoms with Gasteiger partial charge in [-0.15, -0.1) is 0 Å². The lowest BCUT2D eigenvalue weighted by atomic mass is 10.00. The topological polar surface area (TPSA) is 12.0 Å². The lowest BCUT2D eigenvalue weighted by Gasteiger charge is -2.20. The molecule has 2 fully saturated rings. The van der Waals surface area contributed by atoms with Crippen LogP contribution in [0.25, 0.3) is 0 Å². The van der Waals surface area contributed by atoms with E-state index in [0.29, 0.717) is 0 Å². The van der Waals surface area contributed by atoms with Crippen LogP contribution in [0.3, 0.4) is 0 Å². The molecule has 0 bridgehead atoms. The standard InChI is InChI=1S/C13H25N/c1-3-6-12-9-13(12)14-10(2)11-7-4-5-8-11/h10-14H,3-9H2,1-2H3. The third-order valence-corrected chi connectivity index (χ3v) is 4.17. The summed E-state index contributed by atoms with van der Waals surface area (Å²) in [5.74, 6) is 2.00. The third-order valence-electron chi connectivity index (χ3n) is 4.17. The van der Waals surface area contributed by atoms with Gasteiger partial charge in [-0.2, -0.15) is 0 Å². The summed E-state index contributed by atoms with van der Waals surface area (Å²) in [5, 5.41) is 3.83. The van der Waals surface area contributed by atoms with Gasteiger partial charge in [-0.25, -0.2) is 0 Å². The van der Waals surface area contributed by atoms with Crippen LogP contribution in [0.2, 0.25) is 0 Å². The molecule has 2 rings (SSSR count). The normalized spacial score (nSPS) is 34.7. The molecular weight excluding hydrogens is 170 g/mol. The molecule has 3 unspecified atom stereocenters. The van der Waals surface area contributed by atoms with Crippen LogP contribution in [-0.4, -0.2) is 12.1 Å². The van der Waals surface area contributed by atoms with Gasteiger partial charge in [0.1, 0.15) is 0 Å². The minimum absolute atomic E-state index is 0.782. The Kier molecular flexibility index (Phi) is 3.48. The van der Waals surface area contributed by atoms with Crippen molar-refractivity contribution in [3.8, 4) is 0 Å². The highest BCUT2D eigenvalue weighted by Crippen LogP contribution is 2.36. The highest BCUT2D eigenvalue weighted by Gasteiger charge is 2.37. The molecule has 0 radical (unpaired) electrons. The number of hydrogen-bond acceptors (Lipinski definition) is 1. The van der Waals surface area contributed by atoms with Crippen molar-refractivity contribution < 1.29 is 0 Å². The summed E-state index contributed by atoms with van der Waals surface area (Å²) in [6, 6.07) is 1.66. The van der Waals surface area contributed by atoms with Crippen LogP contribution in [0.5, 0.6) is 0 Å². The maximum Gasteiger partial charge on any atom is 0.0102 e. The molecule has 2 aliphatic carbocycles. The van der Waals surface area contributed by atoms with Crippen LogP contribution >= 0.6 is 0 Å². The minimum Gasteiger partial charge on any atom is -0.311 e. The molecule has 2 saturated carbocycles. The molecule has 14 heavy (non-hydrogen) atoms. The zero-order chi connectivity index (χ0) is 9.97. The van der Waals surface area contributed by atoms with Crippen LogP contribution in [0.15, 0.2) is 0 Å². The minimum atomic E-state index is 0.782.